The first-order valence-electron chi connectivity index (χ1n) is 16.3. The maximum Gasteiger partial charge on any atom is 0.323 e. The van der Waals surface area contributed by atoms with Crippen LogP contribution >= 0.6 is 0 Å². The number of hydrogen-bond donors (Lipinski definition) is 2. The lowest BCUT2D eigenvalue weighted by Crippen LogP contribution is -2.47. The number of rotatable bonds is 6. The third-order valence-corrected chi connectivity index (χ3v) is 9.45. The SMILES string of the molecule is C[C@@H]1COCCN1c1cc(N2C3CCC2COC3)nc(-c2ccc(NC(=O)Nc3ccc(C(=O)N4CCN(C)CC4)cc3)cc2)n1. The van der Waals surface area contributed by atoms with Crippen molar-refractivity contribution in [2.24, 2.45) is 0 Å². The number of nitrogens with zero attached hydrogens (tertiary/aromatic N) is 6. The van der Waals surface area contributed by atoms with Gasteiger partial charge in [-0.1, -0.05) is 0 Å². The van der Waals surface area contributed by atoms with Crippen LogP contribution in [-0.4, -0.2) is 116 Å². The zero-order valence-corrected chi connectivity index (χ0v) is 26.5. The van der Waals surface area contributed by atoms with Crippen LogP contribution in [-0.2, 0) is 9.47 Å². The highest BCUT2D eigenvalue weighted by Crippen LogP contribution is 2.36. The number of carbonyl (C=O) groups excluding carboxylic acids is 2. The number of hydrogen-bond acceptors (Lipinski definition) is 9. The van der Waals surface area contributed by atoms with Crippen LogP contribution in [0.5, 0.6) is 0 Å². The van der Waals surface area contributed by atoms with E-state index in [0.717, 1.165) is 76.0 Å². The second kappa shape index (κ2) is 13.2. The largest absolute Gasteiger partial charge is 0.377 e. The molecule has 3 atom stereocenters. The number of amides is 3. The Morgan fingerprint density at radius 2 is 1.41 bits per heavy atom. The van der Waals surface area contributed by atoms with Crippen molar-refractivity contribution in [2.45, 2.75) is 37.9 Å². The molecule has 1 aromatic heterocycles. The van der Waals surface area contributed by atoms with Crippen LogP contribution in [0, 0.1) is 0 Å². The van der Waals surface area contributed by atoms with Gasteiger partial charge in [-0.3, -0.25) is 4.79 Å². The monoisotopic (exact) mass is 626 g/mol. The van der Waals surface area contributed by atoms with Gasteiger partial charge in [0.2, 0.25) is 0 Å². The molecule has 7 rings (SSSR count). The first-order chi connectivity index (χ1) is 22.4. The molecule has 4 saturated heterocycles. The summed E-state index contributed by atoms with van der Waals surface area (Å²) in [6, 6.07) is 17.2. The Morgan fingerprint density at radius 1 is 0.783 bits per heavy atom. The normalized spacial score (nSPS) is 23.3. The molecule has 5 heterocycles. The Labute approximate surface area is 269 Å². The Balaban J connectivity index is 1.03. The van der Waals surface area contributed by atoms with E-state index in [0.29, 0.717) is 48.1 Å². The smallest absolute Gasteiger partial charge is 0.323 e. The maximum absolute atomic E-state index is 12.8. The minimum Gasteiger partial charge on any atom is -0.377 e. The number of morpholine rings is 2. The number of nitrogens with one attached hydrogen (secondary N) is 2. The summed E-state index contributed by atoms with van der Waals surface area (Å²) >= 11 is 0. The minimum atomic E-state index is -0.365. The fourth-order valence-corrected chi connectivity index (χ4v) is 6.78. The van der Waals surface area contributed by atoms with Gasteiger partial charge in [0.15, 0.2) is 5.82 Å². The second-order valence-corrected chi connectivity index (χ2v) is 12.7. The first kappa shape index (κ1) is 30.4. The number of benzene rings is 2. The van der Waals surface area contributed by atoms with E-state index in [2.05, 4.69) is 45.4 Å². The molecule has 4 fully saturated rings. The van der Waals surface area contributed by atoms with Crippen LogP contribution in [0.3, 0.4) is 0 Å². The zero-order chi connectivity index (χ0) is 31.6. The van der Waals surface area contributed by atoms with Gasteiger partial charge in [-0.05, 0) is 75.3 Å². The summed E-state index contributed by atoms with van der Waals surface area (Å²) in [5.74, 6) is 2.51. The molecule has 3 amide bonds. The maximum atomic E-state index is 12.8. The van der Waals surface area contributed by atoms with Gasteiger partial charge >= 0.3 is 6.03 Å². The first-order valence-corrected chi connectivity index (χ1v) is 16.3. The van der Waals surface area contributed by atoms with Crippen LogP contribution in [0.25, 0.3) is 11.4 Å². The van der Waals surface area contributed by atoms with E-state index in [1.165, 1.54) is 0 Å². The van der Waals surface area contributed by atoms with Crippen molar-refractivity contribution in [1.82, 2.24) is 19.8 Å². The lowest BCUT2D eigenvalue weighted by molar-refractivity contribution is 0.0664. The lowest BCUT2D eigenvalue weighted by atomic mass is 10.1. The van der Waals surface area contributed by atoms with Crippen molar-refractivity contribution in [3.05, 3.63) is 60.2 Å². The number of urea groups is 1. The number of piperazine rings is 1. The third kappa shape index (κ3) is 6.51. The van der Waals surface area contributed by atoms with E-state index in [-0.39, 0.29) is 18.0 Å². The fraction of sp³-hybridized carbons (Fsp3) is 0.471. The van der Waals surface area contributed by atoms with E-state index in [1.807, 2.05) is 29.2 Å². The van der Waals surface area contributed by atoms with Crippen LogP contribution < -0.4 is 20.4 Å². The van der Waals surface area contributed by atoms with Crippen LogP contribution in [0.1, 0.15) is 30.1 Å². The summed E-state index contributed by atoms with van der Waals surface area (Å²) in [5.41, 5.74) is 2.74. The quantitative estimate of drug-likeness (QED) is 0.422. The zero-order valence-electron chi connectivity index (χ0n) is 26.5. The number of anilines is 4. The topological polar surface area (TPSA) is 115 Å². The van der Waals surface area contributed by atoms with E-state index in [9.17, 15) is 9.59 Å². The summed E-state index contributed by atoms with van der Waals surface area (Å²) in [6.07, 6.45) is 2.21. The number of carbonyl (C=O) groups is 2. The summed E-state index contributed by atoms with van der Waals surface area (Å²) < 4.78 is 11.5. The molecular weight excluding hydrogens is 584 g/mol. The number of fused-ring (bicyclic) bond motifs is 2. The van der Waals surface area contributed by atoms with E-state index in [1.54, 1.807) is 24.3 Å². The fourth-order valence-electron chi connectivity index (χ4n) is 6.78. The Bertz CT molecular complexity index is 1530. The highest BCUT2D eigenvalue weighted by Gasteiger charge is 2.39. The molecule has 2 aromatic carbocycles. The number of likely N-dealkylation sites (N-methyl/N-ethyl adjacent to an activating group) is 1. The van der Waals surface area contributed by atoms with Crippen LogP contribution in [0.2, 0.25) is 0 Å². The summed E-state index contributed by atoms with van der Waals surface area (Å²) in [4.78, 5) is 44.5. The molecule has 0 spiro atoms. The van der Waals surface area contributed by atoms with Gasteiger partial charge in [-0.2, -0.15) is 0 Å². The Hall–Kier alpha value is -4.26. The third-order valence-electron chi connectivity index (χ3n) is 9.45. The molecule has 0 saturated carbocycles. The minimum absolute atomic E-state index is 0.0163. The van der Waals surface area contributed by atoms with Gasteiger partial charge in [0.1, 0.15) is 11.6 Å². The molecular formula is C34H42N8O4. The average Bonchev–Trinajstić information content (AvgIpc) is 3.33. The summed E-state index contributed by atoms with van der Waals surface area (Å²) in [6.45, 7) is 8.90. The van der Waals surface area contributed by atoms with Crippen molar-refractivity contribution in [2.75, 3.05) is 86.6 Å². The summed E-state index contributed by atoms with van der Waals surface area (Å²) in [7, 11) is 2.06. The lowest BCUT2D eigenvalue weighted by Gasteiger charge is -2.38. The molecule has 2 N–H and O–H groups in total. The van der Waals surface area contributed by atoms with Crippen molar-refractivity contribution >= 4 is 34.9 Å². The van der Waals surface area contributed by atoms with Crippen LogP contribution in [0.4, 0.5) is 27.8 Å². The number of ether oxygens (including phenoxy) is 2. The molecule has 12 nitrogen and oxygen atoms in total. The van der Waals surface area contributed by atoms with Gasteiger partial charge < -0.3 is 39.7 Å². The molecule has 4 aliphatic heterocycles. The van der Waals surface area contributed by atoms with Gasteiger partial charge in [0, 0.05) is 61.3 Å². The van der Waals surface area contributed by atoms with Crippen molar-refractivity contribution in [3.63, 3.8) is 0 Å². The molecule has 242 valence electrons. The molecule has 4 aliphatic rings. The van der Waals surface area contributed by atoms with Crippen molar-refractivity contribution in [1.29, 1.82) is 0 Å². The standard InChI is InChI=1S/C34H42N8O4/c1-23-20-45-18-17-41(23)30-19-31(42-28-11-12-29(42)22-46-21-28)38-32(37-30)24-3-7-26(8-4-24)35-34(44)36-27-9-5-25(6-10-27)33(43)40-15-13-39(2)14-16-40/h3-10,19,23,28-29H,11-18,20-22H2,1-2H3,(H2,35,36,44)/t23-,28?,29?/m1/s1. The highest BCUT2D eigenvalue weighted by atomic mass is 16.5. The van der Waals surface area contributed by atoms with E-state index in [4.69, 9.17) is 19.4 Å². The van der Waals surface area contributed by atoms with Gasteiger partial charge in [0.25, 0.3) is 5.91 Å². The molecule has 12 heteroatoms. The number of aromatic nitrogens is 2. The Morgan fingerprint density at radius 3 is 2.07 bits per heavy atom. The molecule has 0 radical (unpaired) electrons. The molecule has 2 bridgehead atoms. The van der Waals surface area contributed by atoms with E-state index >= 15 is 0 Å². The van der Waals surface area contributed by atoms with Crippen molar-refractivity contribution < 1.29 is 19.1 Å². The van der Waals surface area contributed by atoms with Gasteiger partial charge in [-0.25, -0.2) is 14.8 Å². The second-order valence-electron chi connectivity index (χ2n) is 12.7. The van der Waals surface area contributed by atoms with Crippen LogP contribution in [0.15, 0.2) is 54.6 Å². The predicted molar refractivity (Wildman–Crippen MR) is 178 cm³/mol. The Kier molecular flexibility index (Phi) is 8.74. The molecule has 3 aromatic rings. The summed E-state index contributed by atoms with van der Waals surface area (Å²) in [5, 5.41) is 5.76. The van der Waals surface area contributed by atoms with Gasteiger partial charge in [-0.15, -0.1) is 0 Å². The molecule has 0 aliphatic carbocycles. The molecule has 46 heavy (non-hydrogen) atoms. The van der Waals surface area contributed by atoms with Crippen molar-refractivity contribution in [3.8, 4) is 11.4 Å². The predicted octanol–water partition coefficient (Wildman–Crippen LogP) is 3.77. The highest BCUT2D eigenvalue weighted by molar-refractivity contribution is 6.00. The molecule has 2 unspecified atom stereocenters. The van der Waals surface area contributed by atoms with Gasteiger partial charge in [0.05, 0.1) is 44.6 Å². The van der Waals surface area contributed by atoms with E-state index < -0.39 is 0 Å². The average molecular weight is 627 g/mol.